The molecule has 15 heavy (non-hydrogen) atoms. The highest BCUT2D eigenvalue weighted by molar-refractivity contribution is 5.09. The molecule has 0 spiro atoms. The summed E-state index contributed by atoms with van der Waals surface area (Å²) in [6.45, 7) is -0.286. The van der Waals surface area contributed by atoms with Gasteiger partial charge in [-0.2, -0.15) is 13.2 Å². The van der Waals surface area contributed by atoms with Crippen molar-refractivity contribution in [3.63, 3.8) is 0 Å². The Morgan fingerprint density at radius 1 is 1.40 bits per heavy atom. The van der Waals surface area contributed by atoms with Gasteiger partial charge >= 0.3 is 6.18 Å². The molecule has 1 aromatic rings. The van der Waals surface area contributed by atoms with E-state index >= 15 is 0 Å². The Labute approximate surface area is 84.7 Å². The van der Waals surface area contributed by atoms with Gasteiger partial charge in [-0.1, -0.05) is 0 Å². The second-order valence-electron chi connectivity index (χ2n) is 3.22. The molecule has 0 bridgehead atoms. The molecule has 1 aromatic heterocycles. The Kier molecular flexibility index (Phi) is 3.76. The molecule has 1 rings (SSSR count). The van der Waals surface area contributed by atoms with Gasteiger partial charge in [-0.15, -0.1) is 0 Å². The van der Waals surface area contributed by atoms with Crippen molar-refractivity contribution < 1.29 is 22.7 Å². The van der Waals surface area contributed by atoms with E-state index in [0.717, 1.165) is 0 Å². The van der Waals surface area contributed by atoms with Gasteiger partial charge in [-0.3, -0.25) is 0 Å². The summed E-state index contributed by atoms with van der Waals surface area (Å²) in [4.78, 5) is 0. The van der Waals surface area contributed by atoms with Crippen LogP contribution in [0.25, 0.3) is 0 Å². The third kappa shape index (κ3) is 3.93. The molecule has 0 aliphatic carbocycles. The van der Waals surface area contributed by atoms with Gasteiger partial charge < -0.3 is 15.3 Å². The number of aliphatic hydroxyl groups is 1. The molecule has 0 aliphatic heterocycles. The van der Waals surface area contributed by atoms with Crippen molar-refractivity contribution in [1.82, 2.24) is 0 Å². The van der Waals surface area contributed by atoms with Crippen molar-refractivity contribution in [2.75, 3.05) is 0 Å². The highest BCUT2D eigenvalue weighted by Crippen LogP contribution is 2.27. The fourth-order valence-corrected chi connectivity index (χ4v) is 1.14. The minimum absolute atomic E-state index is 0.220. The van der Waals surface area contributed by atoms with E-state index in [2.05, 4.69) is 0 Å². The van der Waals surface area contributed by atoms with Crippen LogP contribution >= 0.6 is 0 Å². The number of hydrogen-bond acceptors (Lipinski definition) is 3. The number of aliphatic hydroxyl groups excluding tert-OH is 1. The Bertz CT molecular complexity index is 309. The monoisotopic (exact) mass is 223 g/mol. The normalized spacial score (nSPS) is 14.2. The zero-order chi connectivity index (χ0) is 11.5. The van der Waals surface area contributed by atoms with Crippen LogP contribution in [0, 0.1) is 0 Å². The summed E-state index contributed by atoms with van der Waals surface area (Å²) < 4.78 is 40.6. The minimum atomic E-state index is -4.20. The smallest absolute Gasteiger partial charge is 0.389 e. The number of nitrogens with two attached hydrogens (primary N) is 1. The second-order valence-corrected chi connectivity index (χ2v) is 3.22. The predicted octanol–water partition coefficient (Wildman–Crippen LogP) is 2.11. The highest BCUT2D eigenvalue weighted by atomic mass is 19.4. The number of hydrogen-bond donors (Lipinski definition) is 2. The first kappa shape index (κ1) is 12.1. The molecular weight excluding hydrogens is 211 g/mol. The lowest BCUT2D eigenvalue weighted by Crippen LogP contribution is -2.15. The van der Waals surface area contributed by atoms with Crippen LogP contribution in [0.1, 0.15) is 30.4 Å². The molecule has 1 heterocycles. The van der Waals surface area contributed by atoms with Crippen molar-refractivity contribution in [1.29, 1.82) is 0 Å². The Morgan fingerprint density at radius 3 is 2.53 bits per heavy atom. The van der Waals surface area contributed by atoms with Crippen LogP contribution in [0.3, 0.4) is 0 Å². The van der Waals surface area contributed by atoms with E-state index in [-0.39, 0.29) is 18.8 Å². The standard InChI is InChI=1S/C9H12F3NO2/c10-9(11,12)4-3-7(13)8-2-1-6(5-14)15-8/h1-2,7,14H,3-5,13H2/t7-/m1/s1. The van der Waals surface area contributed by atoms with Gasteiger partial charge in [-0.25, -0.2) is 0 Å². The maximum atomic E-state index is 11.9. The summed E-state index contributed by atoms with van der Waals surface area (Å²) in [5.41, 5.74) is 5.49. The quantitative estimate of drug-likeness (QED) is 0.821. The van der Waals surface area contributed by atoms with Gasteiger partial charge in [0.15, 0.2) is 0 Å². The Hall–Kier alpha value is -1.01. The molecule has 0 radical (unpaired) electrons. The number of furan rings is 1. The molecule has 3 N–H and O–H groups in total. The summed E-state index contributed by atoms with van der Waals surface area (Å²) in [7, 11) is 0. The zero-order valence-electron chi connectivity index (χ0n) is 7.92. The van der Waals surface area contributed by atoms with Gasteiger partial charge in [0, 0.05) is 6.42 Å². The average Bonchev–Trinajstić information content (AvgIpc) is 2.61. The molecule has 0 aliphatic rings. The highest BCUT2D eigenvalue weighted by Gasteiger charge is 2.28. The third-order valence-electron chi connectivity index (χ3n) is 1.94. The second kappa shape index (κ2) is 4.67. The summed E-state index contributed by atoms with van der Waals surface area (Å²) in [6, 6.07) is 2.18. The fraction of sp³-hybridized carbons (Fsp3) is 0.556. The molecule has 0 saturated heterocycles. The average molecular weight is 223 g/mol. The van der Waals surface area contributed by atoms with E-state index in [1.165, 1.54) is 12.1 Å². The largest absolute Gasteiger partial charge is 0.462 e. The first-order valence-electron chi connectivity index (χ1n) is 4.44. The van der Waals surface area contributed by atoms with E-state index in [0.29, 0.717) is 5.76 Å². The molecule has 0 aromatic carbocycles. The first-order valence-corrected chi connectivity index (χ1v) is 4.44. The third-order valence-corrected chi connectivity index (χ3v) is 1.94. The molecule has 6 heteroatoms. The Morgan fingerprint density at radius 2 is 2.07 bits per heavy atom. The maximum absolute atomic E-state index is 11.9. The molecule has 0 amide bonds. The van der Waals surface area contributed by atoms with Crippen molar-refractivity contribution in [2.24, 2.45) is 5.73 Å². The van der Waals surface area contributed by atoms with E-state index in [4.69, 9.17) is 15.3 Å². The Balaban J connectivity index is 2.50. The van der Waals surface area contributed by atoms with Crippen LogP contribution in [0.15, 0.2) is 16.5 Å². The molecule has 0 saturated carbocycles. The van der Waals surface area contributed by atoms with Crippen molar-refractivity contribution >= 4 is 0 Å². The molecule has 0 fully saturated rings. The summed E-state index contributed by atoms with van der Waals surface area (Å²) in [5, 5.41) is 8.68. The number of alkyl halides is 3. The van der Waals surface area contributed by atoms with Crippen molar-refractivity contribution in [3.8, 4) is 0 Å². The first-order chi connectivity index (χ1) is 6.92. The van der Waals surface area contributed by atoms with Crippen LogP contribution in [0.5, 0.6) is 0 Å². The van der Waals surface area contributed by atoms with E-state index in [9.17, 15) is 13.2 Å². The van der Waals surface area contributed by atoms with Crippen LogP contribution in [-0.4, -0.2) is 11.3 Å². The summed E-state index contributed by atoms with van der Waals surface area (Å²) >= 11 is 0. The lowest BCUT2D eigenvalue weighted by molar-refractivity contribution is -0.136. The molecule has 1 atom stereocenters. The van der Waals surface area contributed by atoms with Gasteiger partial charge in [0.2, 0.25) is 0 Å². The van der Waals surface area contributed by atoms with Crippen LogP contribution in [0.4, 0.5) is 13.2 Å². The van der Waals surface area contributed by atoms with E-state index in [1.54, 1.807) is 0 Å². The number of rotatable bonds is 4. The van der Waals surface area contributed by atoms with Gasteiger partial charge in [-0.05, 0) is 18.6 Å². The predicted molar refractivity (Wildman–Crippen MR) is 46.8 cm³/mol. The lowest BCUT2D eigenvalue weighted by Gasteiger charge is -2.10. The SMILES string of the molecule is N[C@H](CCC(F)(F)F)c1ccc(CO)o1. The molecular formula is C9H12F3NO2. The molecule has 86 valence electrons. The zero-order valence-corrected chi connectivity index (χ0v) is 7.92. The summed E-state index contributed by atoms with van der Waals surface area (Å²) in [5.74, 6) is 0.566. The maximum Gasteiger partial charge on any atom is 0.389 e. The minimum Gasteiger partial charge on any atom is -0.462 e. The fourth-order valence-electron chi connectivity index (χ4n) is 1.14. The van der Waals surface area contributed by atoms with Crippen LogP contribution in [-0.2, 0) is 6.61 Å². The lowest BCUT2D eigenvalue weighted by atomic mass is 10.1. The van der Waals surface area contributed by atoms with Crippen LogP contribution < -0.4 is 5.73 Å². The summed E-state index contributed by atoms with van der Waals surface area (Å²) in [6.07, 6.45) is -5.37. The van der Waals surface area contributed by atoms with Gasteiger partial charge in [0.05, 0.1) is 6.04 Å². The van der Waals surface area contributed by atoms with Crippen molar-refractivity contribution in [2.45, 2.75) is 31.7 Å². The van der Waals surface area contributed by atoms with E-state index in [1.807, 2.05) is 0 Å². The topological polar surface area (TPSA) is 59.4 Å². The molecule has 0 unspecified atom stereocenters. The molecule has 3 nitrogen and oxygen atoms in total. The van der Waals surface area contributed by atoms with Crippen LogP contribution in [0.2, 0.25) is 0 Å². The van der Waals surface area contributed by atoms with E-state index < -0.39 is 18.6 Å². The number of halogens is 3. The van der Waals surface area contributed by atoms with Crippen molar-refractivity contribution in [3.05, 3.63) is 23.7 Å². The van der Waals surface area contributed by atoms with Gasteiger partial charge in [0.25, 0.3) is 0 Å². The van der Waals surface area contributed by atoms with Gasteiger partial charge in [0.1, 0.15) is 18.1 Å².